The van der Waals surface area contributed by atoms with Crippen LogP contribution >= 0.6 is 0 Å². The second-order valence-corrected chi connectivity index (χ2v) is 6.13. The molecule has 1 aliphatic rings. The summed E-state index contributed by atoms with van der Waals surface area (Å²) in [6.07, 6.45) is 19.6. The first-order valence-corrected chi connectivity index (χ1v) is 8.90. The van der Waals surface area contributed by atoms with Crippen molar-refractivity contribution in [3.05, 3.63) is 88.4 Å². The maximum Gasteiger partial charge on any atom is 0.257 e. The van der Waals surface area contributed by atoms with Crippen LogP contribution in [0.3, 0.4) is 0 Å². The van der Waals surface area contributed by atoms with Crippen LogP contribution < -0.4 is 10.3 Å². The van der Waals surface area contributed by atoms with Gasteiger partial charge in [-0.05, 0) is 19.4 Å². The number of aromatic nitrogens is 1. The van der Waals surface area contributed by atoms with Gasteiger partial charge in [-0.1, -0.05) is 67.2 Å². The summed E-state index contributed by atoms with van der Waals surface area (Å²) in [5.41, 5.74) is 1.60. The Morgan fingerprint density at radius 2 is 2.00 bits per heavy atom. The largest absolute Gasteiger partial charge is 0.492 e. The van der Waals surface area contributed by atoms with Crippen LogP contribution in [0.15, 0.2) is 77.3 Å². The fourth-order valence-electron chi connectivity index (χ4n) is 2.61. The number of hydrogen-bond donors (Lipinski definition) is 0. The number of nitrogens with zero attached hydrogens (tertiary/aromatic N) is 1. The monoisotopic (exact) mass is 355 g/mol. The summed E-state index contributed by atoms with van der Waals surface area (Å²) in [6.45, 7) is 4.31. The molecule has 0 bridgehead atoms. The van der Waals surface area contributed by atoms with Crippen molar-refractivity contribution in [2.24, 2.45) is 5.92 Å². The SMILES string of the molecule is CC/C(=C\C=C/CF)Cn1ccc(OCC2C=CC=CC=C2)c(C)c1=O. The van der Waals surface area contributed by atoms with Gasteiger partial charge in [0, 0.05) is 18.7 Å². The predicted molar refractivity (Wildman–Crippen MR) is 105 cm³/mol. The lowest BCUT2D eigenvalue weighted by molar-refractivity contribution is 0.293. The Labute approximate surface area is 154 Å². The van der Waals surface area contributed by atoms with Gasteiger partial charge in [-0.3, -0.25) is 4.79 Å². The molecule has 0 radical (unpaired) electrons. The Morgan fingerprint density at radius 1 is 1.27 bits per heavy atom. The average Bonchev–Trinajstić information content (AvgIpc) is 2.92. The van der Waals surface area contributed by atoms with Crippen molar-refractivity contribution in [2.75, 3.05) is 13.3 Å². The summed E-state index contributed by atoms with van der Waals surface area (Å²) < 4.78 is 19.7. The zero-order valence-electron chi connectivity index (χ0n) is 15.4. The summed E-state index contributed by atoms with van der Waals surface area (Å²) in [4.78, 5) is 12.6. The third-order valence-electron chi connectivity index (χ3n) is 4.22. The second kappa shape index (κ2) is 10.4. The summed E-state index contributed by atoms with van der Waals surface area (Å²) in [5.74, 6) is 0.799. The quantitative estimate of drug-likeness (QED) is 0.633. The minimum atomic E-state index is -0.486. The second-order valence-electron chi connectivity index (χ2n) is 6.13. The highest BCUT2D eigenvalue weighted by Gasteiger charge is 2.10. The molecule has 0 aromatic carbocycles. The van der Waals surface area contributed by atoms with E-state index in [1.165, 1.54) is 6.08 Å². The van der Waals surface area contributed by atoms with E-state index in [1.54, 1.807) is 23.8 Å². The van der Waals surface area contributed by atoms with Crippen LogP contribution in [0.1, 0.15) is 18.9 Å². The van der Waals surface area contributed by atoms with E-state index in [4.69, 9.17) is 4.74 Å². The standard InChI is InChI=1S/C22H26FNO2/c1-3-19(10-8-9-14-23)16-24-15-13-21(18(2)22(24)25)26-17-20-11-6-4-5-7-12-20/h4-13,15,20H,3,14,16-17H2,1-2H3/b9-8-,19-10+. The molecule has 2 rings (SSSR count). The molecule has 1 heterocycles. The number of rotatable bonds is 8. The van der Waals surface area contributed by atoms with E-state index in [0.29, 0.717) is 24.5 Å². The molecule has 0 spiro atoms. The predicted octanol–water partition coefficient (Wildman–Crippen LogP) is 4.70. The number of alkyl halides is 1. The van der Waals surface area contributed by atoms with Crippen molar-refractivity contribution >= 4 is 0 Å². The van der Waals surface area contributed by atoms with Crippen molar-refractivity contribution < 1.29 is 9.13 Å². The molecular formula is C22H26FNO2. The zero-order valence-corrected chi connectivity index (χ0v) is 15.4. The van der Waals surface area contributed by atoms with E-state index in [-0.39, 0.29) is 11.5 Å². The first kappa shape index (κ1) is 19.7. The minimum Gasteiger partial charge on any atom is -0.492 e. The minimum absolute atomic E-state index is 0.0649. The maximum absolute atomic E-state index is 12.6. The Kier molecular flexibility index (Phi) is 7.87. The highest BCUT2D eigenvalue weighted by molar-refractivity contribution is 5.30. The molecule has 0 saturated carbocycles. The van der Waals surface area contributed by atoms with Gasteiger partial charge in [-0.25, -0.2) is 4.39 Å². The van der Waals surface area contributed by atoms with Gasteiger partial charge in [0.25, 0.3) is 5.56 Å². The maximum atomic E-state index is 12.6. The van der Waals surface area contributed by atoms with Crippen molar-refractivity contribution in [2.45, 2.75) is 26.8 Å². The van der Waals surface area contributed by atoms with Gasteiger partial charge in [0.15, 0.2) is 0 Å². The number of hydrogen-bond acceptors (Lipinski definition) is 2. The molecule has 26 heavy (non-hydrogen) atoms. The fraction of sp³-hybridized carbons (Fsp3) is 0.318. The van der Waals surface area contributed by atoms with Crippen LogP contribution in [-0.2, 0) is 6.54 Å². The van der Waals surface area contributed by atoms with Gasteiger partial charge in [-0.15, -0.1) is 0 Å². The van der Waals surface area contributed by atoms with E-state index in [1.807, 2.05) is 43.4 Å². The number of halogens is 1. The number of ether oxygens (including phenoxy) is 1. The van der Waals surface area contributed by atoms with E-state index >= 15 is 0 Å². The average molecular weight is 355 g/mol. The van der Waals surface area contributed by atoms with Gasteiger partial charge in [0.05, 0.1) is 12.2 Å². The lowest BCUT2D eigenvalue weighted by atomic mass is 10.1. The van der Waals surface area contributed by atoms with Gasteiger partial charge in [0.1, 0.15) is 12.4 Å². The molecule has 0 unspecified atom stereocenters. The van der Waals surface area contributed by atoms with Crippen molar-refractivity contribution in [1.29, 1.82) is 0 Å². The number of pyridine rings is 1. The van der Waals surface area contributed by atoms with Crippen LogP contribution in [-0.4, -0.2) is 17.8 Å². The summed E-state index contributed by atoms with van der Waals surface area (Å²) in [7, 11) is 0. The molecule has 1 aliphatic carbocycles. The van der Waals surface area contributed by atoms with Crippen LogP contribution in [0.2, 0.25) is 0 Å². The first-order chi connectivity index (χ1) is 12.7. The van der Waals surface area contributed by atoms with E-state index in [0.717, 1.165) is 12.0 Å². The molecule has 0 saturated heterocycles. The normalized spacial score (nSPS) is 15.0. The van der Waals surface area contributed by atoms with E-state index < -0.39 is 6.67 Å². The molecule has 138 valence electrons. The smallest absolute Gasteiger partial charge is 0.257 e. The van der Waals surface area contributed by atoms with E-state index in [2.05, 4.69) is 12.2 Å². The summed E-state index contributed by atoms with van der Waals surface area (Å²) in [5, 5.41) is 0. The molecular weight excluding hydrogens is 329 g/mol. The van der Waals surface area contributed by atoms with Crippen LogP contribution in [0.5, 0.6) is 5.75 Å². The highest BCUT2D eigenvalue weighted by Crippen LogP contribution is 2.16. The Balaban J connectivity index is 2.08. The number of allylic oxidation sites excluding steroid dienone is 8. The Bertz CT molecular complexity index is 781. The molecule has 0 amide bonds. The van der Waals surface area contributed by atoms with Crippen molar-refractivity contribution in [3.8, 4) is 5.75 Å². The lowest BCUT2D eigenvalue weighted by Gasteiger charge is -2.14. The molecule has 0 fully saturated rings. The van der Waals surface area contributed by atoms with Crippen molar-refractivity contribution in [3.63, 3.8) is 0 Å². The van der Waals surface area contributed by atoms with Gasteiger partial charge in [-0.2, -0.15) is 0 Å². The van der Waals surface area contributed by atoms with Crippen molar-refractivity contribution in [1.82, 2.24) is 4.57 Å². The Hall–Kier alpha value is -2.62. The topological polar surface area (TPSA) is 31.2 Å². The van der Waals surface area contributed by atoms with Crippen LogP contribution in [0.25, 0.3) is 0 Å². The third kappa shape index (κ3) is 5.73. The van der Waals surface area contributed by atoms with Gasteiger partial charge in [0.2, 0.25) is 0 Å². The molecule has 1 aromatic heterocycles. The summed E-state index contributed by atoms with van der Waals surface area (Å²) >= 11 is 0. The van der Waals surface area contributed by atoms with E-state index in [9.17, 15) is 9.18 Å². The fourth-order valence-corrected chi connectivity index (χ4v) is 2.61. The van der Waals surface area contributed by atoms with Crippen LogP contribution in [0, 0.1) is 12.8 Å². The first-order valence-electron chi connectivity index (χ1n) is 8.90. The summed E-state index contributed by atoms with van der Waals surface area (Å²) in [6, 6.07) is 1.84. The molecule has 0 N–H and O–H groups in total. The van der Waals surface area contributed by atoms with Gasteiger partial charge < -0.3 is 9.30 Å². The van der Waals surface area contributed by atoms with Crippen LogP contribution in [0.4, 0.5) is 4.39 Å². The highest BCUT2D eigenvalue weighted by atomic mass is 19.1. The molecule has 3 nitrogen and oxygen atoms in total. The Morgan fingerprint density at radius 3 is 2.65 bits per heavy atom. The molecule has 1 aromatic rings. The zero-order chi connectivity index (χ0) is 18.8. The third-order valence-corrected chi connectivity index (χ3v) is 4.22. The van der Waals surface area contributed by atoms with Gasteiger partial charge >= 0.3 is 0 Å². The molecule has 0 atom stereocenters. The molecule has 0 aliphatic heterocycles. The molecule has 4 heteroatoms. The lowest BCUT2D eigenvalue weighted by Crippen LogP contribution is -2.23.